The average molecular weight is 430 g/mol. The van der Waals surface area contributed by atoms with E-state index in [9.17, 15) is 9.59 Å². The fraction of sp³-hybridized carbons (Fsp3) is 0.200. The summed E-state index contributed by atoms with van der Waals surface area (Å²) < 4.78 is 1.99. The fourth-order valence-electron chi connectivity index (χ4n) is 4.28. The van der Waals surface area contributed by atoms with Gasteiger partial charge in [-0.3, -0.25) is 9.59 Å². The zero-order chi connectivity index (χ0) is 21.4. The summed E-state index contributed by atoms with van der Waals surface area (Å²) in [4.78, 5) is 30.0. The molecule has 5 rings (SSSR count). The van der Waals surface area contributed by atoms with Gasteiger partial charge in [0.15, 0.2) is 0 Å². The van der Waals surface area contributed by atoms with E-state index in [1.165, 1.54) is 0 Å². The molecule has 0 spiro atoms. The van der Waals surface area contributed by atoms with Gasteiger partial charge in [-0.25, -0.2) is 0 Å². The summed E-state index contributed by atoms with van der Waals surface area (Å²) in [5.41, 5.74) is 1.62. The van der Waals surface area contributed by atoms with E-state index in [2.05, 4.69) is 5.32 Å². The Morgan fingerprint density at radius 1 is 1.06 bits per heavy atom. The Morgan fingerprint density at radius 3 is 2.61 bits per heavy atom. The summed E-state index contributed by atoms with van der Waals surface area (Å²) in [6, 6.07) is 23.7. The van der Waals surface area contributed by atoms with E-state index in [-0.39, 0.29) is 11.8 Å². The van der Waals surface area contributed by atoms with E-state index in [4.69, 9.17) is 0 Å². The van der Waals surface area contributed by atoms with Crippen LogP contribution in [0.3, 0.4) is 0 Å². The molecule has 0 aliphatic carbocycles. The average Bonchev–Trinajstić information content (AvgIpc) is 3.44. The lowest BCUT2D eigenvalue weighted by molar-refractivity contribution is -0.133. The lowest BCUT2D eigenvalue weighted by Gasteiger charge is -2.44. The standard InChI is InChI=1S/C25H23N3O2S/c1-25(24(30)26-15-18-8-3-2-4-9-18)17-27-21-12-6-5-10-19(21)14-22(27)23(29)28(25)16-20-11-7-13-31-20/h2-14H,15-17H2,1H3,(H,26,30). The highest BCUT2D eigenvalue weighted by Crippen LogP contribution is 2.34. The Labute approximate surface area is 184 Å². The van der Waals surface area contributed by atoms with Crippen LogP contribution in [0.2, 0.25) is 0 Å². The Bertz CT molecular complexity index is 1250. The number of carbonyl (C=O) groups is 2. The molecule has 6 heteroatoms. The highest BCUT2D eigenvalue weighted by molar-refractivity contribution is 7.09. The number of hydrogen-bond acceptors (Lipinski definition) is 3. The van der Waals surface area contributed by atoms with Crippen molar-refractivity contribution in [2.75, 3.05) is 0 Å². The third-order valence-corrected chi connectivity index (χ3v) is 6.88. The summed E-state index contributed by atoms with van der Waals surface area (Å²) in [7, 11) is 0. The third kappa shape index (κ3) is 3.43. The van der Waals surface area contributed by atoms with Crippen molar-refractivity contribution in [1.82, 2.24) is 14.8 Å². The first-order chi connectivity index (χ1) is 15.1. The first-order valence-electron chi connectivity index (χ1n) is 10.3. The first-order valence-corrected chi connectivity index (χ1v) is 11.2. The molecule has 31 heavy (non-hydrogen) atoms. The number of amides is 2. The molecule has 1 aliphatic heterocycles. The maximum Gasteiger partial charge on any atom is 0.271 e. The minimum atomic E-state index is -1.01. The van der Waals surface area contributed by atoms with Crippen molar-refractivity contribution in [3.05, 3.63) is 94.3 Å². The largest absolute Gasteiger partial charge is 0.350 e. The smallest absolute Gasteiger partial charge is 0.271 e. The molecular weight excluding hydrogens is 406 g/mol. The van der Waals surface area contributed by atoms with Gasteiger partial charge in [0.25, 0.3) is 5.91 Å². The van der Waals surface area contributed by atoms with E-state index in [0.717, 1.165) is 21.3 Å². The van der Waals surface area contributed by atoms with E-state index < -0.39 is 5.54 Å². The molecule has 0 bridgehead atoms. The van der Waals surface area contributed by atoms with Crippen molar-refractivity contribution in [1.29, 1.82) is 0 Å². The SMILES string of the molecule is CC1(C(=O)NCc2ccccc2)Cn2c(cc3ccccc32)C(=O)N1Cc1cccs1. The maximum absolute atomic E-state index is 13.6. The quantitative estimate of drug-likeness (QED) is 0.510. The molecule has 1 atom stereocenters. The van der Waals surface area contributed by atoms with Crippen molar-refractivity contribution in [3.8, 4) is 0 Å². The van der Waals surface area contributed by atoms with Crippen LogP contribution >= 0.6 is 11.3 Å². The third-order valence-electron chi connectivity index (χ3n) is 6.02. The van der Waals surface area contributed by atoms with Gasteiger partial charge in [-0.15, -0.1) is 11.3 Å². The molecule has 3 heterocycles. The number of carbonyl (C=O) groups excluding carboxylic acids is 2. The van der Waals surface area contributed by atoms with Gasteiger partial charge in [0.05, 0.1) is 13.1 Å². The Kier molecular flexibility index (Phi) is 4.87. The van der Waals surface area contributed by atoms with Gasteiger partial charge in [-0.1, -0.05) is 54.6 Å². The van der Waals surface area contributed by atoms with Crippen LogP contribution in [0.4, 0.5) is 0 Å². The van der Waals surface area contributed by atoms with E-state index >= 15 is 0 Å². The summed E-state index contributed by atoms with van der Waals surface area (Å²) in [5.74, 6) is -0.266. The lowest BCUT2D eigenvalue weighted by Crippen LogP contribution is -2.63. The Morgan fingerprint density at radius 2 is 1.84 bits per heavy atom. The van der Waals surface area contributed by atoms with Gasteiger partial charge < -0.3 is 14.8 Å². The molecule has 2 aromatic carbocycles. The summed E-state index contributed by atoms with van der Waals surface area (Å²) in [6.45, 7) is 3.12. The van der Waals surface area contributed by atoms with Gasteiger partial charge in [-0.2, -0.15) is 0 Å². The first kappa shape index (κ1) is 19.6. The number of aromatic nitrogens is 1. The lowest BCUT2D eigenvalue weighted by atomic mass is 9.94. The molecule has 0 radical (unpaired) electrons. The zero-order valence-electron chi connectivity index (χ0n) is 17.2. The molecule has 1 aliphatic rings. The number of nitrogens with one attached hydrogen (secondary N) is 1. The molecule has 5 nitrogen and oxygen atoms in total. The van der Waals surface area contributed by atoms with Crippen LogP contribution in [0.1, 0.15) is 27.9 Å². The minimum Gasteiger partial charge on any atom is -0.350 e. The molecule has 1 N–H and O–H groups in total. The van der Waals surface area contributed by atoms with Crippen molar-refractivity contribution >= 4 is 34.1 Å². The van der Waals surface area contributed by atoms with Gasteiger partial charge in [0.2, 0.25) is 5.91 Å². The summed E-state index contributed by atoms with van der Waals surface area (Å²) >= 11 is 1.60. The molecule has 1 unspecified atom stereocenters. The number of fused-ring (bicyclic) bond motifs is 3. The van der Waals surface area contributed by atoms with E-state index in [1.54, 1.807) is 16.2 Å². The molecular formula is C25H23N3O2S. The predicted octanol–water partition coefficient (Wildman–Crippen LogP) is 4.43. The van der Waals surface area contributed by atoms with E-state index in [1.807, 2.05) is 89.7 Å². The van der Waals surface area contributed by atoms with Crippen LogP contribution in [0.5, 0.6) is 0 Å². The molecule has 4 aromatic rings. The summed E-state index contributed by atoms with van der Waals surface area (Å²) in [5, 5.41) is 6.07. The number of rotatable bonds is 5. The molecule has 0 fully saturated rings. The van der Waals surface area contributed by atoms with Crippen molar-refractivity contribution in [3.63, 3.8) is 0 Å². The van der Waals surface area contributed by atoms with Crippen LogP contribution in [-0.2, 0) is 24.4 Å². The zero-order valence-corrected chi connectivity index (χ0v) is 18.1. The fourth-order valence-corrected chi connectivity index (χ4v) is 4.97. The normalized spacial score (nSPS) is 18.2. The monoisotopic (exact) mass is 429 g/mol. The highest BCUT2D eigenvalue weighted by atomic mass is 32.1. The topological polar surface area (TPSA) is 54.3 Å². The molecule has 2 amide bonds. The number of nitrogens with zero attached hydrogens (tertiary/aromatic N) is 2. The molecule has 0 saturated heterocycles. The second-order valence-electron chi connectivity index (χ2n) is 8.09. The van der Waals surface area contributed by atoms with Gasteiger partial charge in [-0.05, 0) is 36.1 Å². The molecule has 156 valence electrons. The van der Waals surface area contributed by atoms with Crippen molar-refractivity contribution in [2.24, 2.45) is 0 Å². The number of hydrogen-bond donors (Lipinski definition) is 1. The second-order valence-corrected chi connectivity index (χ2v) is 9.12. The van der Waals surface area contributed by atoms with Crippen LogP contribution in [0.15, 0.2) is 78.2 Å². The van der Waals surface area contributed by atoms with E-state index in [0.29, 0.717) is 25.3 Å². The van der Waals surface area contributed by atoms with Gasteiger partial charge in [0.1, 0.15) is 11.2 Å². The maximum atomic E-state index is 13.6. The van der Waals surface area contributed by atoms with Crippen LogP contribution in [-0.4, -0.2) is 26.8 Å². The number of benzene rings is 2. The van der Waals surface area contributed by atoms with Gasteiger partial charge in [0, 0.05) is 22.3 Å². The molecule has 2 aromatic heterocycles. The minimum absolute atomic E-state index is 0.117. The van der Waals surface area contributed by atoms with Crippen LogP contribution < -0.4 is 5.32 Å². The van der Waals surface area contributed by atoms with Crippen molar-refractivity contribution < 1.29 is 9.59 Å². The second kappa shape index (κ2) is 7.71. The molecule has 0 saturated carbocycles. The number of thiophene rings is 1. The Balaban J connectivity index is 1.53. The summed E-state index contributed by atoms with van der Waals surface area (Å²) in [6.07, 6.45) is 0. The Hall–Kier alpha value is -3.38. The highest BCUT2D eigenvalue weighted by Gasteiger charge is 2.47. The van der Waals surface area contributed by atoms with Crippen molar-refractivity contribution in [2.45, 2.75) is 32.1 Å². The van der Waals surface area contributed by atoms with Crippen LogP contribution in [0, 0.1) is 0 Å². The predicted molar refractivity (Wildman–Crippen MR) is 123 cm³/mol. The number of para-hydroxylation sites is 1. The van der Waals surface area contributed by atoms with Gasteiger partial charge >= 0.3 is 0 Å². The van der Waals surface area contributed by atoms with Crippen LogP contribution in [0.25, 0.3) is 10.9 Å².